The second-order valence-corrected chi connectivity index (χ2v) is 14.5. The Morgan fingerprint density at radius 1 is 0.286 bits per heavy atom. The van der Waals surface area contributed by atoms with Crippen molar-refractivity contribution < 1.29 is 0 Å². The summed E-state index contributed by atoms with van der Waals surface area (Å²) in [5, 5.41) is 7.55. The van der Waals surface area contributed by atoms with Crippen molar-refractivity contribution in [2.75, 3.05) is 0 Å². The molecule has 56 heavy (non-hydrogen) atoms. The molecular formula is C51H31N5. The molecule has 5 heteroatoms. The molecule has 0 aliphatic carbocycles. The molecule has 0 bridgehead atoms. The van der Waals surface area contributed by atoms with E-state index >= 15 is 0 Å². The number of hydrogen-bond donors (Lipinski definition) is 0. The van der Waals surface area contributed by atoms with Gasteiger partial charge in [-0.05, 0) is 53.6 Å². The minimum Gasteiger partial charge on any atom is -0.309 e. The van der Waals surface area contributed by atoms with Crippen molar-refractivity contribution in [3.05, 3.63) is 188 Å². The van der Waals surface area contributed by atoms with Gasteiger partial charge in [0, 0.05) is 54.7 Å². The highest BCUT2D eigenvalue weighted by Crippen LogP contribution is 2.42. The van der Waals surface area contributed by atoms with E-state index < -0.39 is 0 Å². The molecule has 0 spiro atoms. The molecule has 260 valence electrons. The smallest absolute Gasteiger partial charge is 0.164 e. The Balaban J connectivity index is 0.991. The summed E-state index contributed by atoms with van der Waals surface area (Å²) in [6.07, 6.45) is 0. The van der Waals surface area contributed by atoms with E-state index in [9.17, 15) is 0 Å². The SMILES string of the molecule is c1ccc(-c2nc(-c3ccccc3)nc(-c3ccc(-c4ccc5c(c4)c4ccccc4n5-c4cc5c6ccccc6n6c7ccccc7c(c4)c56)cc3)n2)cc1. The first-order valence-electron chi connectivity index (χ1n) is 19.0. The third kappa shape index (κ3) is 4.58. The fraction of sp³-hybridized carbons (Fsp3) is 0. The van der Waals surface area contributed by atoms with Crippen molar-refractivity contribution in [1.29, 1.82) is 0 Å². The van der Waals surface area contributed by atoms with Crippen LogP contribution in [0.25, 0.3) is 111 Å². The van der Waals surface area contributed by atoms with Crippen LogP contribution in [0.3, 0.4) is 0 Å². The molecule has 8 aromatic carbocycles. The van der Waals surface area contributed by atoms with Gasteiger partial charge in [-0.15, -0.1) is 0 Å². The lowest BCUT2D eigenvalue weighted by Crippen LogP contribution is -2.00. The zero-order valence-electron chi connectivity index (χ0n) is 30.1. The van der Waals surface area contributed by atoms with Crippen molar-refractivity contribution in [2.45, 2.75) is 0 Å². The lowest BCUT2D eigenvalue weighted by atomic mass is 10.0. The first-order valence-corrected chi connectivity index (χ1v) is 19.0. The third-order valence-electron chi connectivity index (χ3n) is 11.3. The molecule has 0 radical (unpaired) electrons. The molecule has 0 N–H and O–H groups in total. The average Bonchev–Trinajstić information content (AvgIpc) is 3.91. The summed E-state index contributed by atoms with van der Waals surface area (Å²) in [5.41, 5.74) is 12.4. The first kappa shape index (κ1) is 30.8. The van der Waals surface area contributed by atoms with Crippen LogP contribution in [-0.4, -0.2) is 23.9 Å². The highest BCUT2D eigenvalue weighted by molar-refractivity contribution is 6.24. The van der Waals surface area contributed by atoms with Crippen LogP contribution in [0.5, 0.6) is 0 Å². The van der Waals surface area contributed by atoms with Gasteiger partial charge in [0.1, 0.15) is 0 Å². The number of para-hydroxylation sites is 3. The van der Waals surface area contributed by atoms with E-state index in [1.54, 1.807) is 0 Å². The number of nitrogens with zero attached hydrogens (tertiary/aromatic N) is 5. The predicted molar refractivity (Wildman–Crippen MR) is 231 cm³/mol. The normalized spacial score (nSPS) is 11.9. The van der Waals surface area contributed by atoms with Crippen molar-refractivity contribution in [1.82, 2.24) is 23.9 Å². The minimum atomic E-state index is 0.647. The fourth-order valence-electron chi connectivity index (χ4n) is 8.74. The lowest BCUT2D eigenvalue weighted by molar-refractivity contribution is 1.07. The molecule has 0 unspecified atom stereocenters. The van der Waals surface area contributed by atoms with Gasteiger partial charge in [-0.3, -0.25) is 0 Å². The zero-order chi connectivity index (χ0) is 36.7. The Hall–Kier alpha value is -7.63. The molecule has 0 fully saturated rings. The van der Waals surface area contributed by atoms with Crippen molar-refractivity contribution in [2.24, 2.45) is 0 Å². The minimum absolute atomic E-state index is 0.647. The van der Waals surface area contributed by atoms with Crippen LogP contribution in [0.1, 0.15) is 0 Å². The maximum atomic E-state index is 4.94. The topological polar surface area (TPSA) is 48.0 Å². The highest BCUT2D eigenvalue weighted by atomic mass is 15.0. The molecule has 12 rings (SSSR count). The molecule has 0 saturated carbocycles. The van der Waals surface area contributed by atoms with Crippen molar-refractivity contribution in [3.63, 3.8) is 0 Å². The van der Waals surface area contributed by atoms with Crippen molar-refractivity contribution in [3.8, 4) is 51.0 Å². The summed E-state index contributed by atoms with van der Waals surface area (Å²) in [5.74, 6) is 1.96. The second-order valence-electron chi connectivity index (χ2n) is 14.5. The third-order valence-corrected chi connectivity index (χ3v) is 11.3. The maximum Gasteiger partial charge on any atom is 0.164 e. The van der Waals surface area contributed by atoms with E-state index in [4.69, 9.17) is 15.0 Å². The van der Waals surface area contributed by atoms with Gasteiger partial charge in [-0.2, -0.15) is 0 Å². The predicted octanol–water partition coefficient (Wildman–Crippen LogP) is 12.8. The second kappa shape index (κ2) is 11.9. The van der Waals surface area contributed by atoms with E-state index in [2.05, 4.69) is 136 Å². The van der Waals surface area contributed by atoms with Gasteiger partial charge in [0.2, 0.25) is 0 Å². The van der Waals surface area contributed by atoms with Gasteiger partial charge >= 0.3 is 0 Å². The van der Waals surface area contributed by atoms with Gasteiger partial charge in [0.25, 0.3) is 0 Å². The Bertz CT molecular complexity index is 3310. The number of rotatable bonds is 5. The van der Waals surface area contributed by atoms with Gasteiger partial charge in [0.05, 0.1) is 27.6 Å². The van der Waals surface area contributed by atoms with Crippen LogP contribution in [0, 0.1) is 0 Å². The van der Waals surface area contributed by atoms with E-state index in [1.807, 2.05) is 60.7 Å². The van der Waals surface area contributed by atoms with Crippen LogP contribution >= 0.6 is 0 Å². The van der Waals surface area contributed by atoms with Crippen LogP contribution in [0.4, 0.5) is 0 Å². The van der Waals surface area contributed by atoms with Gasteiger partial charge in [-0.25, -0.2) is 15.0 Å². The summed E-state index contributed by atoms with van der Waals surface area (Å²) in [6.45, 7) is 0. The molecular weight excluding hydrogens is 683 g/mol. The Labute approximate surface area is 321 Å². The molecule has 0 aliphatic rings. The monoisotopic (exact) mass is 713 g/mol. The van der Waals surface area contributed by atoms with Crippen LogP contribution in [0.2, 0.25) is 0 Å². The Kier molecular flexibility index (Phi) is 6.56. The fourth-order valence-corrected chi connectivity index (χ4v) is 8.74. The summed E-state index contributed by atoms with van der Waals surface area (Å²) < 4.78 is 4.88. The molecule has 12 aromatic rings. The Morgan fingerprint density at radius 3 is 1.25 bits per heavy atom. The van der Waals surface area contributed by atoms with Crippen LogP contribution < -0.4 is 0 Å². The largest absolute Gasteiger partial charge is 0.309 e. The van der Waals surface area contributed by atoms with E-state index in [-0.39, 0.29) is 0 Å². The lowest BCUT2D eigenvalue weighted by Gasteiger charge is -2.10. The molecule has 0 saturated heterocycles. The van der Waals surface area contributed by atoms with Crippen LogP contribution in [-0.2, 0) is 0 Å². The molecule has 4 aromatic heterocycles. The molecule has 4 heterocycles. The summed E-state index contributed by atoms with van der Waals surface area (Å²) >= 11 is 0. The number of hydrogen-bond acceptors (Lipinski definition) is 3. The zero-order valence-corrected chi connectivity index (χ0v) is 30.1. The number of aromatic nitrogens is 5. The van der Waals surface area contributed by atoms with E-state index in [1.165, 1.54) is 59.9 Å². The van der Waals surface area contributed by atoms with E-state index in [0.717, 1.165) is 33.5 Å². The summed E-state index contributed by atoms with van der Waals surface area (Å²) in [7, 11) is 0. The summed E-state index contributed by atoms with van der Waals surface area (Å²) in [4.78, 5) is 14.7. The molecule has 0 atom stereocenters. The Morgan fingerprint density at radius 2 is 0.696 bits per heavy atom. The number of fused-ring (bicyclic) bond motifs is 9. The molecule has 0 aliphatic heterocycles. The van der Waals surface area contributed by atoms with Gasteiger partial charge < -0.3 is 8.97 Å². The number of benzene rings is 8. The van der Waals surface area contributed by atoms with E-state index in [0.29, 0.717) is 17.5 Å². The molecule has 0 amide bonds. The van der Waals surface area contributed by atoms with Crippen molar-refractivity contribution >= 4 is 59.9 Å². The standard InChI is InChI=1S/C51H31N5/c1-3-13-33(14-4-1)49-52-50(34-15-5-2-6-16-34)54-51(53-49)35-25-23-32(24-26-35)36-27-28-47-41(29-36)38-17-7-10-20-44(38)55(47)37-30-42-39-18-8-11-21-45(39)56-46-22-12-9-19-40(46)43(31-37)48(42)56/h1-31H. The highest BCUT2D eigenvalue weighted by Gasteiger charge is 2.21. The van der Waals surface area contributed by atoms with Gasteiger partial charge in [0.15, 0.2) is 17.5 Å². The summed E-state index contributed by atoms with van der Waals surface area (Å²) in [6, 6.07) is 66.8. The van der Waals surface area contributed by atoms with Gasteiger partial charge in [-0.1, -0.05) is 146 Å². The first-order chi connectivity index (χ1) is 27.8. The quantitative estimate of drug-likeness (QED) is 0.178. The average molecular weight is 714 g/mol. The molecule has 5 nitrogen and oxygen atoms in total. The van der Waals surface area contributed by atoms with Crippen LogP contribution in [0.15, 0.2) is 188 Å². The maximum absolute atomic E-state index is 4.94.